The Morgan fingerprint density at radius 1 is 1.50 bits per heavy atom. The van der Waals surface area contributed by atoms with E-state index in [1.165, 1.54) is 0 Å². The lowest BCUT2D eigenvalue weighted by atomic mass is 9.93. The highest BCUT2D eigenvalue weighted by Crippen LogP contribution is 2.43. The van der Waals surface area contributed by atoms with Crippen LogP contribution in [0.15, 0.2) is 10.5 Å². The van der Waals surface area contributed by atoms with E-state index in [9.17, 15) is 5.11 Å². The number of hydrogen-bond acceptors (Lipinski definition) is 3. The van der Waals surface area contributed by atoms with Gasteiger partial charge in [0.05, 0.1) is 0 Å². The maximum absolute atomic E-state index is 10.4. The van der Waals surface area contributed by atoms with Crippen LogP contribution in [-0.4, -0.2) is 30.1 Å². The molecule has 0 spiro atoms. The zero-order chi connectivity index (χ0) is 13.4. The van der Waals surface area contributed by atoms with Gasteiger partial charge in [-0.15, -0.1) is 0 Å². The third kappa shape index (κ3) is 2.29. The van der Waals surface area contributed by atoms with Gasteiger partial charge in [-0.05, 0) is 57.0 Å². The van der Waals surface area contributed by atoms with Crippen LogP contribution >= 0.6 is 15.9 Å². The third-order valence-corrected chi connectivity index (χ3v) is 4.86. The Labute approximate surface area is 117 Å². The number of aryl methyl sites for hydroxylation is 1. The number of aromatic hydroxyl groups is 1. The largest absolute Gasteiger partial charge is 0.507 e. The number of nitrogens with two attached hydrogens (primary N) is 1. The van der Waals surface area contributed by atoms with Gasteiger partial charge >= 0.3 is 0 Å². The number of hydrogen-bond donors (Lipinski definition) is 2. The summed E-state index contributed by atoms with van der Waals surface area (Å²) in [5.41, 5.74) is 8.88. The molecule has 3 nitrogen and oxygen atoms in total. The Hall–Kier alpha value is -0.580. The summed E-state index contributed by atoms with van der Waals surface area (Å²) in [6.45, 7) is 5.72. The topological polar surface area (TPSA) is 49.5 Å². The summed E-state index contributed by atoms with van der Waals surface area (Å²) in [5, 5.41) is 10.4. The van der Waals surface area contributed by atoms with Gasteiger partial charge in [-0.1, -0.05) is 15.9 Å². The molecule has 0 saturated carbocycles. The fraction of sp³-hybridized carbons (Fsp3) is 0.571. The predicted molar refractivity (Wildman–Crippen MR) is 77.8 cm³/mol. The minimum Gasteiger partial charge on any atom is -0.507 e. The van der Waals surface area contributed by atoms with Gasteiger partial charge in [0.15, 0.2) is 0 Å². The molecule has 1 fully saturated rings. The molecule has 0 radical (unpaired) electrons. The molecule has 0 aromatic heterocycles. The second kappa shape index (κ2) is 5.19. The quantitative estimate of drug-likeness (QED) is 0.883. The fourth-order valence-electron chi connectivity index (χ4n) is 2.91. The van der Waals surface area contributed by atoms with Crippen LogP contribution in [0, 0.1) is 19.8 Å². The van der Waals surface area contributed by atoms with Crippen molar-refractivity contribution in [1.82, 2.24) is 4.90 Å². The number of halogens is 1. The molecule has 1 aliphatic heterocycles. The van der Waals surface area contributed by atoms with Crippen molar-refractivity contribution in [3.8, 4) is 5.75 Å². The number of rotatable bonds is 2. The molecule has 1 saturated heterocycles. The van der Waals surface area contributed by atoms with E-state index in [0.29, 0.717) is 18.2 Å². The maximum atomic E-state index is 10.4. The van der Waals surface area contributed by atoms with Gasteiger partial charge < -0.3 is 10.8 Å². The molecule has 0 bridgehead atoms. The van der Waals surface area contributed by atoms with Crippen molar-refractivity contribution < 1.29 is 5.11 Å². The highest BCUT2D eigenvalue weighted by Gasteiger charge is 2.33. The molecule has 4 heteroatoms. The van der Waals surface area contributed by atoms with Gasteiger partial charge in [0, 0.05) is 22.6 Å². The Balaban J connectivity index is 2.45. The highest BCUT2D eigenvalue weighted by atomic mass is 79.9. The van der Waals surface area contributed by atoms with Crippen molar-refractivity contribution >= 4 is 15.9 Å². The van der Waals surface area contributed by atoms with E-state index < -0.39 is 0 Å². The molecule has 0 amide bonds. The number of nitrogens with zero attached hydrogens (tertiary/aromatic N) is 1. The van der Waals surface area contributed by atoms with Crippen molar-refractivity contribution in [2.45, 2.75) is 26.3 Å². The first-order valence-corrected chi connectivity index (χ1v) is 7.13. The fourth-order valence-corrected chi connectivity index (χ4v) is 3.46. The third-order valence-electron chi connectivity index (χ3n) is 4.04. The van der Waals surface area contributed by atoms with Crippen molar-refractivity contribution in [3.63, 3.8) is 0 Å². The van der Waals surface area contributed by atoms with Gasteiger partial charge in [-0.3, -0.25) is 4.90 Å². The van der Waals surface area contributed by atoms with Crippen LogP contribution in [-0.2, 0) is 0 Å². The van der Waals surface area contributed by atoms with Gasteiger partial charge in [0.2, 0.25) is 0 Å². The second-order valence-electron chi connectivity index (χ2n) is 5.36. The smallest absolute Gasteiger partial charge is 0.123 e. The minimum absolute atomic E-state index is 0.273. The Morgan fingerprint density at radius 2 is 2.17 bits per heavy atom. The molecule has 100 valence electrons. The first-order valence-electron chi connectivity index (χ1n) is 6.34. The van der Waals surface area contributed by atoms with Gasteiger partial charge in [-0.25, -0.2) is 0 Å². The van der Waals surface area contributed by atoms with Crippen LogP contribution in [0.25, 0.3) is 0 Å². The highest BCUT2D eigenvalue weighted by molar-refractivity contribution is 9.10. The normalized spacial score (nSPS) is 24.7. The van der Waals surface area contributed by atoms with Crippen LogP contribution in [0.3, 0.4) is 0 Å². The lowest BCUT2D eigenvalue weighted by Crippen LogP contribution is -2.21. The van der Waals surface area contributed by atoms with Crippen molar-refractivity contribution in [2.75, 3.05) is 20.1 Å². The SMILES string of the molecule is Cc1cc(Br)c(C)c(C2CC(CN)CN2C)c1O. The number of benzene rings is 1. The van der Waals surface area contributed by atoms with Gasteiger partial charge in [-0.2, -0.15) is 0 Å². The van der Waals surface area contributed by atoms with E-state index in [2.05, 4.69) is 34.8 Å². The number of likely N-dealkylation sites (tertiary alicyclic amines) is 1. The van der Waals surface area contributed by atoms with Crippen LogP contribution in [0.5, 0.6) is 5.75 Å². The van der Waals surface area contributed by atoms with E-state index in [1.807, 2.05) is 13.0 Å². The minimum atomic E-state index is 0.273. The van der Waals surface area contributed by atoms with Crippen LogP contribution in [0.2, 0.25) is 0 Å². The molecule has 2 unspecified atom stereocenters. The summed E-state index contributed by atoms with van der Waals surface area (Å²) >= 11 is 3.58. The Morgan fingerprint density at radius 3 is 2.72 bits per heavy atom. The molecular formula is C14H21BrN2O. The zero-order valence-electron chi connectivity index (χ0n) is 11.2. The van der Waals surface area contributed by atoms with E-state index in [0.717, 1.165) is 34.1 Å². The molecule has 18 heavy (non-hydrogen) atoms. The summed E-state index contributed by atoms with van der Waals surface area (Å²) in [6.07, 6.45) is 1.03. The molecule has 3 N–H and O–H groups in total. The molecule has 2 rings (SSSR count). The monoisotopic (exact) mass is 312 g/mol. The lowest BCUT2D eigenvalue weighted by molar-refractivity contribution is 0.304. The second-order valence-corrected chi connectivity index (χ2v) is 6.21. The zero-order valence-corrected chi connectivity index (χ0v) is 12.8. The van der Waals surface area contributed by atoms with Crippen LogP contribution in [0.1, 0.15) is 29.2 Å². The molecule has 1 aromatic rings. The Kier molecular flexibility index (Phi) is 3.99. The van der Waals surface area contributed by atoms with Crippen molar-refractivity contribution in [1.29, 1.82) is 0 Å². The summed E-state index contributed by atoms with van der Waals surface area (Å²) < 4.78 is 1.07. The first-order chi connectivity index (χ1) is 8.45. The maximum Gasteiger partial charge on any atom is 0.123 e. The van der Waals surface area contributed by atoms with E-state index >= 15 is 0 Å². The van der Waals surface area contributed by atoms with Crippen molar-refractivity contribution in [3.05, 3.63) is 27.2 Å². The first kappa shape index (κ1) is 13.8. The molecule has 0 aliphatic carbocycles. The molecule has 1 aliphatic rings. The number of phenolic OH excluding ortho intramolecular Hbond substituents is 1. The summed E-state index contributed by atoms with van der Waals surface area (Å²) in [5.74, 6) is 0.961. The number of phenols is 1. The van der Waals surface area contributed by atoms with Crippen LogP contribution < -0.4 is 5.73 Å². The van der Waals surface area contributed by atoms with E-state index in [1.54, 1.807) is 0 Å². The average Bonchev–Trinajstić information content (AvgIpc) is 2.69. The average molecular weight is 313 g/mol. The molecule has 1 aromatic carbocycles. The molecule has 2 atom stereocenters. The molecule has 1 heterocycles. The van der Waals surface area contributed by atoms with Gasteiger partial charge in [0.1, 0.15) is 5.75 Å². The summed E-state index contributed by atoms with van der Waals surface area (Å²) in [4.78, 5) is 2.30. The summed E-state index contributed by atoms with van der Waals surface area (Å²) in [7, 11) is 2.11. The summed E-state index contributed by atoms with van der Waals surface area (Å²) in [6, 6.07) is 2.25. The lowest BCUT2D eigenvalue weighted by Gasteiger charge is -2.24. The van der Waals surface area contributed by atoms with Gasteiger partial charge in [0.25, 0.3) is 0 Å². The van der Waals surface area contributed by atoms with E-state index in [-0.39, 0.29) is 6.04 Å². The van der Waals surface area contributed by atoms with Crippen LogP contribution in [0.4, 0.5) is 0 Å². The molecular weight excluding hydrogens is 292 g/mol. The standard InChI is InChI=1S/C14H21BrN2O/c1-8-4-11(15)9(2)13(14(8)18)12-5-10(6-16)7-17(12)3/h4,10,12,18H,5-7,16H2,1-3H3. The van der Waals surface area contributed by atoms with E-state index in [4.69, 9.17) is 5.73 Å². The Bertz CT molecular complexity index is 435. The van der Waals surface area contributed by atoms with Crippen molar-refractivity contribution in [2.24, 2.45) is 11.7 Å². The predicted octanol–water partition coefficient (Wildman–Crippen LogP) is 2.72.